The zero-order valence-electron chi connectivity index (χ0n) is 13.5. The van der Waals surface area contributed by atoms with Crippen molar-refractivity contribution in [1.29, 1.82) is 0 Å². The molecule has 4 nitrogen and oxygen atoms in total. The molecule has 0 unspecified atom stereocenters. The number of halogens is 1. The number of carbonyl (C=O) groups excluding carboxylic acids is 2. The number of carbonyl (C=O) groups is 2. The van der Waals surface area contributed by atoms with E-state index in [-0.39, 0.29) is 24.2 Å². The number of likely N-dealkylation sites (tertiary alicyclic amines) is 1. The lowest BCUT2D eigenvalue weighted by Crippen LogP contribution is -2.39. The Labute approximate surface area is 146 Å². The molecule has 1 aliphatic heterocycles. The van der Waals surface area contributed by atoms with Crippen molar-refractivity contribution in [3.05, 3.63) is 70.7 Å². The van der Waals surface area contributed by atoms with Crippen LogP contribution in [0.2, 0.25) is 5.02 Å². The number of hydrogen-bond acceptors (Lipinski definition) is 3. The molecule has 0 bridgehead atoms. The van der Waals surface area contributed by atoms with Crippen molar-refractivity contribution in [3.63, 3.8) is 0 Å². The maximum absolute atomic E-state index is 12.6. The highest BCUT2D eigenvalue weighted by atomic mass is 35.5. The first-order valence-corrected chi connectivity index (χ1v) is 8.24. The summed E-state index contributed by atoms with van der Waals surface area (Å²) in [5.41, 5.74) is 1.99. The van der Waals surface area contributed by atoms with Gasteiger partial charge in [-0.25, -0.2) is 0 Å². The van der Waals surface area contributed by atoms with Crippen molar-refractivity contribution in [2.45, 2.75) is 18.9 Å². The van der Waals surface area contributed by atoms with Crippen LogP contribution in [0.4, 0.5) is 0 Å². The molecular weight excluding hydrogens is 324 g/mol. The van der Waals surface area contributed by atoms with Crippen LogP contribution in [0.15, 0.2) is 54.6 Å². The topological polar surface area (TPSA) is 40.6 Å². The summed E-state index contributed by atoms with van der Waals surface area (Å²) in [5.74, 6) is -0.589. The summed E-state index contributed by atoms with van der Waals surface area (Å²) in [5, 5.41) is 0.692. The van der Waals surface area contributed by atoms with Crippen LogP contribution in [0.1, 0.15) is 23.5 Å². The highest BCUT2D eigenvalue weighted by Crippen LogP contribution is 2.29. The Morgan fingerprint density at radius 3 is 2.42 bits per heavy atom. The zero-order chi connectivity index (χ0) is 17.1. The number of amides is 2. The van der Waals surface area contributed by atoms with E-state index in [9.17, 15) is 9.59 Å². The minimum Gasteiger partial charge on any atom is -0.284 e. The fourth-order valence-electron chi connectivity index (χ4n) is 2.97. The first kappa shape index (κ1) is 16.7. The molecule has 24 heavy (non-hydrogen) atoms. The van der Waals surface area contributed by atoms with E-state index in [4.69, 9.17) is 11.6 Å². The van der Waals surface area contributed by atoms with Crippen LogP contribution in [-0.2, 0) is 16.1 Å². The second kappa shape index (κ2) is 7.16. The van der Waals surface area contributed by atoms with Crippen LogP contribution in [-0.4, -0.2) is 35.3 Å². The second-order valence-electron chi connectivity index (χ2n) is 6.11. The molecule has 1 atom stereocenters. The minimum absolute atomic E-state index is 0.114. The van der Waals surface area contributed by atoms with Gasteiger partial charge in [0.1, 0.15) is 0 Å². The normalized spacial score (nSPS) is 17.8. The van der Waals surface area contributed by atoms with E-state index in [0.29, 0.717) is 18.2 Å². The predicted molar refractivity (Wildman–Crippen MR) is 93.4 cm³/mol. The van der Waals surface area contributed by atoms with Crippen LogP contribution in [0.25, 0.3) is 0 Å². The van der Waals surface area contributed by atoms with E-state index in [1.807, 2.05) is 66.5 Å². The fraction of sp³-hybridized carbons (Fsp3) is 0.263. The standard InChI is InChI=1S/C19H19ClN2O2/c1-21(12-14-7-9-16(20)10-8-14)13-22-18(23)11-17(19(22)24)15-5-3-2-4-6-15/h2-10,17H,11-13H2,1H3/t17-/m0/s1. The molecule has 0 radical (unpaired) electrons. The van der Waals surface area contributed by atoms with Gasteiger partial charge in [-0.05, 0) is 30.3 Å². The van der Waals surface area contributed by atoms with Crippen molar-refractivity contribution >= 4 is 23.4 Å². The molecule has 2 amide bonds. The van der Waals surface area contributed by atoms with E-state index in [1.165, 1.54) is 4.90 Å². The average molecular weight is 343 g/mol. The summed E-state index contributed by atoms with van der Waals surface area (Å²) in [6, 6.07) is 17.0. The van der Waals surface area contributed by atoms with E-state index in [2.05, 4.69) is 0 Å². The van der Waals surface area contributed by atoms with Crippen LogP contribution < -0.4 is 0 Å². The lowest BCUT2D eigenvalue weighted by Gasteiger charge is -2.23. The predicted octanol–water partition coefficient (Wildman–Crippen LogP) is 3.27. The van der Waals surface area contributed by atoms with Gasteiger partial charge >= 0.3 is 0 Å². The van der Waals surface area contributed by atoms with Crippen molar-refractivity contribution in [2.75, 3.05) is 13.7 Å². The summed E-state index contributed by atoms with van der Waals surface area (Å²) in [6.07, 6.45) is 0.248. The highest BCUT2D eigenvalue weighted by Gasteiger charge is 2.39. The number of imide groups is 1. The third kappa shape index (κ3) is 3.66. The van der Waals surface area contributed by atoms with Gasteiger partial charge in [-0.1, -0.05) is 54.1 Å². The van der Waals surface area contributed by atoms with Gasteiger partial charge in [0, 0.05) is 18.0 Å². The molecule has 0 aliphatic carbocycles. The molecule has 0 aromatic heterocycles. The minimum atomic E-state index is -0.359. The van der Waals surface area contributed by atoms with Gasteiger partial charge in [0.2, 0.25) is 11.8 Å². The Morgan fingerprint density at radius 1 is 1.08 bits per heavy atom. The first-order valence-electron chi connectivity index (χ1n) is 7.87. The molecule has 0 N–H and O–H groups in total. The number of benzene rings is 2. The molecular formula is C19H19ClN2O2. The monoisotopic (exact) mass is 342 g/mol. The quantitative estimate of drug-likeness (QED) is 0.783. The Balaban J connectivity index is 1.65. The molecule has 1 saturated heterocycles. The molecule has 2 aromatic carbocycles. The Hall–Kier alpha value is -2.17. The third-order valence-electron chi connectivity index (χ3n) is 4.19. The van der Waals surface area contributed by atoms with Gasteiger partial charge in [0.25, 0.3) is 0 Å². The maximum Gasteiger partial charge on any atom is 0.238 e. The Bertz CT molecular complexity index is 731. The first-order chi connectivity index (χ1) is 11.5. The largest absolute Gasteiger partial charge is 0.284 e. The molecule has 1 fully saturated rings. The Morgan fingerprint density at radius 2 is 1.75 bits per heavy atom. The average Bonchev–Trinajstić information content (AvgIpc) is 2.86. The molecule has 5 heteroatoms. The van der Waals surface area contributed by atoms with Gasteiger partial charge < -0.3 is 0 Å². The van der Waals surface area contributed by atoms with Gasteiger partial charge in [-0.15, -0.1) is 0 Å². The number of rotatable bonds is 5. The van der Waals surface area contributed by atoms with Crippen LogP contribution in [0.5, 0.6) is 0 Å². The molecule has 1 heterocycles. The number of nitrogens with zero attached hydrogens (tertiary/aromatic N) is 2. The molecule has 0 saturated carbocycles. The third-order valence-corrected chi connectivity index (χ3v) is 4.45. The van der Waals surface area contributed by atoms with Crippen molar-refractivity contribution in [3.8, 4) is 0 Å². The van der Waals surface area contributed by atoms with Crippen molar-refractivity contribution < 1.29 is 9.59 Å². The van der Waals surface area contributed by atoms with E-state index in [1.54, 1.807) is 0 Å². The van der Waals surface area contributed by atoms with Crippen LogP contribution in [0, 0.1) is 0 Å². The molecule has 3 rings (SSSR count). The zero-order valence-corrected chi connectivity index (χ0v) is 14.2. The second-order valence-corrected chi connectivity index (χ2v) is 6.55. The van der Waals surface area contributed by atoms with E-state index < -0.39 is 0 Å². The molecule has 2 aromatic rings. The summed E-state index contributed by atoms with van der Waals surface area (Å²) in [6.45, 7) is 0.938. The SMILES string of the molecule is CN(Cc1ccc(Cl)cc1)CN1C(=O)C[C@@H](c2ccccc2)C1=O. The lowest BCUT2D eigenvalue weighted by atomic mass is 9.98. The molecule has 124 valence electrons. The smallest absolute Gasteiger partial charge is 0.238 e. The molecule has 1 aliphatic rings. The Kier molecular flexibility index (Phi) is 4.97. The number of hydrogen-bond donors (Lipinski definition) is 0. The van der Waals surface area contributed by atoms with Crippen molar-refractivity contribution in [1.82, 2.24) is 9.80 Å². The highest BCUT2D eigenvalue weighted by molar-refractivity contribution is 6.30. The summed E-state index contributed by atoms with van der Waals surface area (Å²) >= 11 is 5.89. The van der Waals surface area contributed by atoms with E-state index in [0.717, 1.165) is 11.1 Å². The van der Waals surface area contributed by atoms with Gasteiger partial charge in [0.05, 0.1) is 12.6 Å². The van der Waals surface area contributed by atoms with Crippen LogP contribution >= 0.6 is 11.6 Å². The van der Waals surface area contributed by atoms with E-state index >= 15 is 0 Å². The summed E-state index contributed by atoms with van der Waals surface area (Å²) in [4.78, 5) is 28.2. The van der Waals surface area contributed by atoms with Crippen LogP contribution in [0.3, 0.4) is 0 Å². The summed E-state index contributed by atoms with van der Waals surface area (Å²) in [7, 11) is 1.89. The lowest BCUT2D eigenvalue weighted by molar-refractivity contribution is -0.141. The van der Waals surface area contributed by atoms with Gasteiger partial charge in [-0.3, -0.25) is 19.4 Å². The summed E-state index contributed by atoms with van der Waals surface area (Å²) < 4.78 is 0. The maximum atomic E-state index is 12.6. The van der Waals surface area contributed by atoms with Crippen molar-refractivity contribution in [2.24, 2.45) is 0 Å². The van der Waals surface area contributed by atoms with Gasteiger partial charge in [0.15, 0.2) is 0 Å². The van der Waals surface area contributed by atoms with Gasteiger partial charge in [-0.2, -0.15) is 0 Å². The molecule has 0 spiro atoms. The fourth-order valence-corrected chi connectivity index (χ4v) is 3.10.